The molecule has 0 aromatic carbocycles. The lowest BCUT2D eigenvalue weighted by molar-refractivity contribution is -0.167. The van der Waals surface area contributed by atoms with E-state index in [2.05, 4.69) is 34.6 Å². The highest BCUT2D eigenvalue weighted by Crippen LogP contribution is 2.18. The van der Waals surface area contributed by atoms with Crippen molar-refractivity contribution in [2.45, 2.75) is 298 Å². The third-order valence-corrected chi connectivity index (χ3v) is 12.3. The molecule has 0 fully saturated rings. The molecular formula is C53H102O6. The molecule has 350 valence electrons. The van der Waals surface area contributed by atoms with Crippen LogP contribution in [0, 0.1) is 11.8 Å². The molecule has 0 spiro atoms. The standard InChI is InChI=1S/C53H102O6/c1-6-8-9-10-26-35-40-45-53(56)59-50(47-58-52(55)44-39-34-30-25-21-17-13-14-18-22-27-31-36-41-48(3)4)46-57-51(54)43-38-33-29-24-20-16-12-11-15-19-23-28-32-37-42-49(5)7-2/h48-50H,6-47H2,1-5H3/t49?,50-/m1/s1. The molecule has 0 bridgehead atoms. The minimum Gasteiger partial charge on any atom is -0.462 e. The minimum atomic E-state index is -0.760. The highest BCUT2D eigenvalue weighted by molar-refractivity contribution is 5.71. The van der Waals surface area contributed by atoms with E-state index in [9.17, 15) is 14.4 Å². The molecule has 2 atom stereocenters. The Kier molecular flexibility index (Phi) is 44.7. The molecule has 1 unspecified atom stereocenters. The van der Waals surface area contributed by atoms with Gasteiger partial charge >= 0.3 is 17.9 Å². The first-order chi connectivity index (χ1) is 28.8. The summed E-state index contributed by atoms with van der Waals surface area (Å²) in [5, 5.41) is 0. The van der Waals surface area contributed by atoms with E-state index >= 15 is 0 Å². The Morgan fingerprint density at radius 2 is 0.644 bits per heavy atom. The van der Waals surface area contributed by atoms with Crippen LogP contribution in [0.2, 0.25) is 0 Å². The number of rotatable bonds is 47. The van der Waals surface area contributed by atoms with E-state index in [4.69, 9.17) is 14.2 Å². The first kappa shape index (κ1) is 57.4. The molecule has 0 heterocycles. The van der Waals surface area contributed by atoms with Crippen LogP contribution < -0.4 is 0 Å². The molecule has 0 rings (SSSR count). The molecule has 59 heavy (non-hydrogen) atoms. The predicted octanol–water partition coefficient (Wildman–Crippen LogP) is 16.9. The summed E-state index contributed by atoms with van der Waals surface area (Å²) in [6, 6.07) is 0. The molecule has 0 aliphatic heterocycles. The normalized spacial score (nSPS) is 12.5. The van der Waals surface area contributed by atoms with Gasteiger partial charge in [-0.3, -0.25) is 14.4 Å². The third kappa shape index (κ3) is 45.8. The van der Waals surface area contributed by atoms with E-state index in [1.165, 1.54) is 180 Å². The van der Waals surface area contributed by atoms with Crippen LogP contribution in [0.25, 0.3) is 0 Å². The number of ether oxygens (including phenoxy) is 3. The number of hydrogen-bond donors (Lipinski definition) is 0. The van der Waals surface area contributed by atoms with E-state index in [0.717, 1.165) is 69.6 Å². The van der Waals surface area contributed by atoms with E-state index in [-0.39, 0.29) is 31.1 Å². The van der Waals surface area contributed by atoms with E-state index in [0.29, 0.717) is 19.3 Å². The Balaban J connectivity index is 4.15. The van der Waals surface area contributed by atoms with Crippen LogP contribution in [0.3, 0.4) is 0 Å². The van der Waals surface area contributed by atoms with Gasteiger partial charge in [0.2, 0.25) is 0 Å². The fourth-order valence-corrected chi connectivity index (χ4v) is 7.96. The molecule has 0 aliphatic rings. The summed E-state index contributed by atoms with van der Waals surface area (Å²) >= 11 is 0. The topological polar surface area (TPSA) is 78.9 Å². The highest BCUT2D eigenvalue weighted by Gasteiger charge is 2.19. The van der Waals surface area contributed by atoms with Gasteiger partial charge in [0.1, 0.15) is 13.2 Å². The van der Waals surface area contributed by atoms with E-state index < -0.39 is 6.10 Å². The SMILES string of the molecule is CCCCCCCCCC(=O)O[C@H](COC(=O)CCCCCCCCCCCCCCCCC(C)CC)COC(=O)CCCCCCCCCCCCCCCC(C)C. The second kappa shape index (κ2) is 45.9. The van der Waals surface area contributed by atoms with Crippen molar-refractivity contribution in [3.8, 4) is 0 Å². The molecule has 0 saturated carbocycles. The fourth-order valence-electron chi connectivity index (χ4n) is 7.96. The summed E-state index contributed by atoms with van der Waals surface area (Å²) in [7, 11) is 0. The van der Waals surface area contributed by atoms with Gasteiger partial charge in [0.05, 0.1) is 0 Å². The summed E-state index contributed by atoms with van der Waals surface area (Å²) in [5.41, 5.74) is 0. The average Bonchev–Trinajstić information content (AvgIpc) is 3.22. The van der Waals surface area contributed by atoms with E-state index in [1.807, 2.05) is 0 Å². The van der Waals surface area contributed by atoms with Crippen LogP contribution in [-0.4, -0.2) is 37.2 Å². The quantitative estimate of drug-likeness (QED) is 0.0345. The van der Waals surface area contributed by atoms with Gasteiger partial charge in [-0.2, -0.15) is 0 Å². The van der Waals surface area contributed by atoms with Crippen molar-refractivity contribution < 1.29 is 28.6 Å². The molecular weight excluding hydrogens is 733 g/mol. The maximum Gasteiger partial charge on any atom is 0.306 e. The van der Waals surface area contributed by atoms with Gasteiger partial charge in [0.15, 0.2) is 6.10 Å². The van der Waals surface area contributed by atoms with Crippen LogP contribution in [0.1, 0.15) is 291 Å². The van der Waals surface area contributed by atoms with Crippen molar-refractivity contribution in [1.29, 1.82) is 0 Å². The average molecular weight is 835 g/mol. The van der Waals surface area contributed by atoms with Crippen LogP contribution in [0.15, 0.2) is 0 Å². The van der Waals surface area contributed by atoms with E-state index in [1.54, 1.807) is 0 Å². The largest absolute Gasteiger partial charge is 0.462 e. The van der Waals surface area contributed by atoms with Crippen LogP contribution in [-0.2, 0) is 28.6 Å². The van der Waals surface area contributed by atoms with Crippen molar-refractivity contribution in [1.82, 2.24) is 0 Å². The second-order valence-corrected chi connectivity index (χ2v) is 18.9. The molecule has 0 saturated heterocycles. The van der Waals surface area contributed by atoms with Crippen molar-refractivity contribution >= 4 is 17.9 Å². The van der Waals surface area contributed by atoms with Crippen LogP contribution in [0.4, 0.5) is 0 Å². The van der Waals surface area contributed by atoms with Crippen molar-refractivity contribution in [2.24, 2.45) is 11.8 Å². The molecule has 0 aliphatic carbocycles. The monoisotopic (exact) mass is 835 g/mol. The van der Waals surface area contributed by atoms with Crippen molar-refractivity contribution in [2.75, 3.05) is 13.2 Å². The smallest absolute Gasteiger partial charge is 0.306 e. The zero-order chi connectivity index (χ0) is 43.3. The maximum atomic E-state index is 12.7. The molecule has 0 N–H and O–H groups in total. The lowest BCUT2D eigenvalue weighted by Gasteiger charge is -2.18. The molecule has 0 radical (unpaired) electrons. The van der Waals surface area contributed by atoms with Crippen LogP contribution >= 0.6 is 0 Å². The summed E-state index contributed by atoms with van der Waals surface area (Å²) in [5.74, 6) is 0.882. The number of hydrogen-bond acceptors (Lipinski definition) is 6. The zero-order valence-electron chi connectivity index (χ0n) is 40.4. The predicted molar refractivity (Wildman–Crippen MR) is 252 cm³/mol. The Labute approximate surface area is 368 Å². The lowest BCUT2D eigenvalue weighted by atomic mass is 9.99. The molecule has 6 heteroatoms. The number of carbonyl (C=O) groups excluding carboxylic acids is 3. The number of esters is 3. The van der Waals surface area contributed by atoms with Gasteiger partial charge in [-0.15, -0.1) is 0 Å². The van der Waals surface area contributed by atoms with Gasteiger partial charge in [-0.25, -0.2) is 0 Å². The number of unbranched alkanes of at least 4 members (excludes halogenated alkanes) is 31. The molecule has 0 amide bonds. The summed E-state index contributed by atoms with van der Waals surface area (Å²) in [4.78, 5) is 37.8. The van der Waals surface area contributed by atoms with Gasteiger partial charge in [-0.1, -0.05) is 253 Å². The Morgan fingerprint density at radius 3 is 0.966 bits per heavy atom. The fraction of sp³-hybridized carbons (Fsp3) is 0.943. The van der Waals surface area contributed by atoms with Crippen molar-refractivity contribution in [3.05, 3.63) is 0 Å². The summed E-state index contributed by atoms with van der Waals surface area (Å²) in [6.45, 7) is 11.4. The molecule has 0 aromatic rings. The van der Waals surface area contributed by atoms with Crippen molar-refractivity contribution in [3.63, 3.8) is 0 Å². The van der Waals surface area contributed by atoms with Gasteiger partial charge in [0, 0.05) is 19.3 Å². The zero-order valence-corrected chi connectivity index (χ0v) is 40.4. The van der Waals surface area contributed by atoms with Crippen LogP contribution in [0.5, 0.6) is 0 Å². The highest BCUT2D eigenvalue weighted by atomic mass is 16.6. The molecule has 0 aromatic heterocycles. The molecule has 6 nitrogen and oxygen atoms in total. The van der Waals surface area contributed by atoms with Gasteiger partial charge < -0.3 is 14.2 Å². The third-order valence-electron chi connectivity index (χ3n) is 12.3. The summed E-state index contributed by atoms with van der Waals surface area (Å²) < 4.78 is 16.8. The summed E-state index contributed by atoms with van der Waals surface area (Å²) in [6.07, 6.45) is 46.7. The first-order valence-corrected chi connectivity index (χ1v) is 26.3. The Morgan fingerprint density at radius 1 is 0.356 bits per heavy atom. The maximum absolute atomic E-state index is 12.7. The Bertz CT molecular complexity index is 902. The van der Waals surface area contributed by atoms with Gasteiger partial charge in [0.25, 0.3) is 0 Å². The van der Waals surface area contributed by atoms with Gasteiger partial charge in [-0.05, 0) is 31.1 Å². The minimum absolute atomic E-state index is 0.0641. The lowest BCUT2D eigenvalue weighted by Crippen LogP contribution is -2.30. The number of carbonyl (C=O) groups is 3. The Hall–Kier alpha value is -1.59. The first-order valence-electron chi connectivity index (χ1n) is 26.3. The second-order valence-electron chi connectivity index (χ2n) is 18.9.